The van der Waals surface area contributed by atoms with Crippen molar-refractivity contribution in [3.8, 4) is 28.3 Å². The summed E-state index contributed by atoms with van der Waals surface area (Å²) in [7, 11) is -1.15. The molecule has 0 saturated carbocycles. The summed E-state index contributed by atoms with van der Waals surface area (Å²) in [5.41, 5.74) is 2.07. The number of carbonyl (C=O) groups excluding carboxylic acids is 1. The number of ether oxygens (including phenoxy) is 2. The van der Waals surface area contributed by atoms with Gasteiger partial charge in [-0.1, -0.05) is 36.4 Å². The number of hydrogen-bond donors (Lipinski definition) is 0. The second-order valence-corrected chi connectivity index (χ2v) is 8.61. The van der Waals surface area contributed by atoms with Crippen LogP contribution in [0.2, 0.25) is 0 Å². The summed E-state index contributed by atoms with van der Waals surface area (Å²) in [5, 5.41) is 4.41. The summed E-state index contributed by atoms with van der Waals surface area (Å²) in [4.78, 5) is 12.4. The number of methoxy groups -OCH3 is 2. The molecule has 1 aromatic heterocycles. The Hall–Kier alpha value is -3.91. The molecule has 0 spiro atoms. The Kier molecular flexibility index (Phi) is 5.79. The molecule has 0 aliphatic carbocycles. The lowest BCUT2D eigenvalue weighted by atomic mass is 10.0. The average Bonchev–Trinajstić information content (AvgIpc) is 3.30. The van der Waals surface area contributed by atoms with Gasteiger partial charge in [-0.25, -0.2) is 4.79 Å². The van der Waals surface area contributed by atoms with E-state index in [4.69, 9.17) is 9.47 Å². The molecule has 162 valence electrons. The van der Waals surface area contributed by atoms with Crippen LogP contribution < -0.4 is 4.74 Å². The number of nitrogens with zero attached hydrogens (tertiary/aromatic N) is 2. The molecule has 4 rings (SSSR count). The van der Waals surface area contributed by atoms with Crippen molar-refractivity contribution >= 4 is 16.0 Å². The predicted octanol–water partition coefficient (Wildman–Crippen LogP) is 4.25. The molecule has 0 atom stereocenters. The van der Waals surface area contributed by atoms with Crippen LogP contribution in [0.5, 0.6) is 5.75 Å². The highest BCUT2D eigenvalue weighted by Gasteiger charge is 2.25. The maximum absolute atomic E-state index is 13.5. The Labute approximate surface area is 185 Å². The Morgan fingerprint density at radius 2 is 1.53 bits per heavy atom. The van der Waals surface area contributed by atoms with Crippen LogP contribution in [0.4, 0.5) is 0 Å². The SMILES string of the molecule is COC(=O)c1ccccc1-c1cc(-c2ccc(OC)cc2)n(S(=O)(=O)c2ccccc2)n1. The van der Waals surface area contributed by atoms with Gasteiger partial charge in [0, 0.05) is 11.1 Å². The topological polar surface area (TPSA) is 87.5 Å². The zero-order chi connectivity index (χ0) is 22.7. The molecule has 0 radical (unpaired) electrons. The normalized spacial score (nSPS) is 11.2. The summed E-state index contributed by atoms with van der Waals surface area (Å²) in [5.74, 6) is 0.106. The van der Waals surface area contributed by atoms with Crippen molar-refractivity contribution in [1.82, 2.24) is 9.19 Å². The van der Waals surface area contributed by atoms with Crippen molar-refractivity contribution in [2.75, 3.05) is 14.2 Å². The van der Waals surface area contributed by atoms with Gasteiger partial charge in [0.15, 0.2) is 0 Å². The molecule has 1 heterocycles. The lowest BCUT2D eigenvalue weighted by Crippen LogP contribution is -2.16. The second-order valence-electron chi connectivity index (χ2n) is 6.84. The molecule has 8 heteroatoms. The molecule has 3 aromatic carbocycles. The molecule has 4 aromatic rings. The summed E-state index contributed by atoms with van der Waals surface area (Å²) in [6.07, 6.45) is 0. The third-order valence-electron chi connectivity index (χ3n) is 4.94. The lowest BCUT2D eigenvalue weighted by Gasteiger charge is -2.09. The zero-order valence-corrected chi connectivity index (χ0v) is 18.2. The van der Waals surface area contributed by atoms with Crippen LogP contribution in [-0.2, 0) is 14.8 Å². The number of rotatable bonds is 6. The van der Waals surface area contributed by atoms with Crippen molar-refractivity contribution < 1.29 is 22.7 Å². The first kappa shape index (κ1) is 21.3. The first-order chi connectivity index (χ1) is 15.5. The highest BCUT2D eigenvalue weighted by atomic mass is 32.2. The molecular weight excluding hydrogens is 428 g/mol. The van der Waals surface area contributed by atoms with Gasteiger partial charge < -0.3 is 9.47 Å². The zero-order valence-electron chi connectivity index (χ0n) is 17.4. The molecule has 0 unspecified atom stereocenters. The first-order valence-corrected chi connectivity index (χ1v) is 11.1. The Morgan fingerprint density at radius 1 is 0.875 bits per heavy atom. The van der Waals surface area contributed by atoms with Gasteiger partial charge in [-0.2, -0.15) is 17.6 Å². The Bertz CT molecular complexity index is 1360. The quantitative estimate of drug-likeness (QED) is 0.410. The highest BCUT2D eigenvalue weighted by molar-refractivity contribution is 7.90. The molecule has 0 saturated heterocycles. The fraction of sp³-hybridized carbons (Fsp3) is 0.0833. The van der Waals surface area contributed by atoms with E-state index in [1.807, 2.05) is 0 Å². The molecule has 0 bridgehead atoms. The largest absolute Gasteiger partial charge is 0.497 e. The average molecular weight is 449 g/mol. The fourth-order valence-corrected chi connectivity index (χ4v) is 4.64. The van der Waals surface area contributed by atoms with Crippen LogP contribution in [0, 0.1) is 0 Å². The Balaban J connectivity index is 1.95. The van der Waals surface area contributed by atoms with Crippen LogP contribution in [0.15, 0.2) is 89.8 Å². The van der Waals surface area contributed by atoms with Gasteiger partial charge in [0.25, 0.3) is 10.0 Å². The van der Waals surface area contributed by atoms with E-state index < -0.39 is 16.0 Å². The van der Waals surface area contributed by atoms with E-state index >= 15 is 0 Å². The van der Waals surface area contributed by atoms with Gasteiger partial charge in [-0.15, -0.1) is 0 Å². The van der Waals surface area contributed by atoms with Crippen LogP contribution in [0.1, 0.15) is 10.4 Å². The molecular formula is C24H20N2O5S. The number of carbonyl (C=O) groups is 1. The maximum Gasteiger partial charge on any atom is 0.338 e. The number of aromatic nitrogens is 2. The second kappa shape index (κ2) is 8.68. The molecule has 0 fully saturated rings. The summed E-state index contributed by atoms with van der Waals surface area (Å²) < 4.78 is 38.0. The van der Waals surface area contributed by atoms with Crippen LogP contribution in [-0.4, -0.2) is 37.8 Å². The molecule has 0 N–H and O–H groups in total. The Morgan fingerprint density at radius 3 is 2.19 bits per heavy atom. The summed E-state index contributed by atoms with van der Waals surface area (Å²) in [6, 6.07) is 23.5. The van der Waals surface area contributed by atoms with Crippen LogP contribution in [0.3, 0.4) is 0 Å². The van der Waals surface area contributed by atoms with Crippen molar-refractivity contribution in [3.05, 3.63) is 90.5 Å². The highest BCUT2D eigenvalue weighted by Crippen LogP contribution is 2.32. The van der Waals surface area contributed by atoms with Crippen molar-refractivity contribution in [2.45, 2.75) is 4.90 Å². The van der Waals surface area contributed by atoms with Gasteiger partial charge >= 0.3 is 5.97 Å². The minimum absolute atomic E-state index is 0.102. The lowest BCUT2D eigenvalue weighted by molar-refractivity contribution is 0.0601. The number of hydrogen-bond acceptors (Lipinski definition) is 6. The molecule has 0 aliphatic heterocycles. The van der Waals surface area contributed by atoms with E-state index in [9.17, 15) is 13.2 Å². The number of benzene rings is 3. The fourth-order valence-electron chi connectivity index (χ4n) is 3.32. The monoisotopic (exact) mass is 448 g/mol. The van der Waals surface area contributed by atoms with Gasteiger partial charge in [0.1, 0.15) is 5.75 Å². The molecule has 0 aliphatic rings. The number of esters is 1. The minimum Gasteiger partial charge on any atom is -0.497 e. The maximum atomic E-state index is 13.5. The van der Waals surface area contributed by atoms with E-state index in [1.54, 1.807) is 79.9 Å². The van der Waals surface area contributed by atoms with Crippen molar-refractivity contribution in [1.29, 1.82) is 0 Å². The minimum atomic E-state index is -4.00. The van der Waals surface area contributed by atoms with Crippen molar-refractivity contribution in [2.24, 2.45) is 0 Å². The van der Waals surface area contributed by atoms with Gasteiger partial charge in [-0.3, -0.25) is 0 Å². The summed E-state index contributed by atoms with van der Waals surface area (Å²) in [6.45, 7) is 0. The first-order valence-electron chi connectivity index (χ1n) is 9.68. The summed E-state index contributed by atoms with van der Waals surface area (Å²) >= 11 is 0. The molecule has 7 nitrogen and oxygen atoms in total. The molecule has 0 amide bonds. The van der Waals surface area contributed by atoms with E-state index in [-0.39, 0.29) is 10.5 Å². The standard InChI is InChI=1S/C24H20N2O5S/c1-30-18-14-12-17(13-15-18)23-16-22(20-10-6-7-11-21(20)24(27)31-2)25-26(23)32(28,29)19-8-4-3-5-9-19/h3-16H,1-2H3. The van der Waals surface area contributed by atoms with E-state index in [0.29, 0.717) is 28.3 Å². The van der Waals surface area contributed by atoms with E-state index in [1.165, 1.54) is 19.2 Å². The van der Waals surface area contributed by atoms with E-state index in [2.05, 4.69) is 5.10 Å². The van der Waals surface area contributed by atoms with Crippen LogP contribution >= 0.6 is 0 Å². The van der Waals surface area contributed by atoms with Gasteiger partial charge in [-0.05, 0) is 48.5 Å². The predicted molar refractivity (Wildman–Crippen MR) is 120 cm³/mol. The smallest absolute Gasteiger partial charge is 0.338 e. The van der Waals surface area contributed by atoms with Gasteiger partial charge in [0.2, 0.25) is 0 Å². The third-order valence-corrected chi connectivity index (χ3v) is 6.54. The van der Waals surface area contributed by atoms with Crippen molar-refractivity contribution in [3.63, 3.8) is 0 Å². The van der Waals surface area contributed by atoms with Crippen LogP contribution in [0.25, 0.3) is 22.5 Å². The molecule has 32 heavy (non-hydrogen) atoms. The third kappa shape index (κ3) is 3.88. The van der Waals surface area contributed by atoms with E-state index in [0.717, 1.165) is 4.09 Å². The van der Waals surface area contributed by atoms with Gasteiger partial charge in [0.05, 0.1) is 36.1 Å².